The van der Waals surface area contributed by atoms with Crippen LogP contribution in [0.1, 0.15) is 34.8 Å². The largest absolute Gasteiger partial charge is 0.309 e. The summed E-state index contributed by atoms with van der Waals surface area (Å²) in [5.74, 6) is 1.12. The first-order valence-electron chi connectivity index (χ1n) is 9.02. The first-order valence-corrected chi connectivity index (χ1v) is 10.8. The second-order valence-corrected chi connectivity index (χ2v) is 8.58. The lowest BCUT2D eigenvalue weighted by Gasteiger charge is -2.06. The zero-order chi connectivity index (χ0) is 18.6. The maximum absolute atomic E-state index is 12.3. The van der Waals surface area contributed by atoms with E-state index >= 15 is 0 Å². The molecule has 0 atom stereocenters. The molecule has 1 N–H and O–H groups in total. The van der Waals surface area contributed by atoms with Crippen molar-refractivity contribution < 1.29 is 4.79 Å². The summed E-state index contributed by atoms with van der Waals surface area (Å²) in [6, 6.07) is 10.2. The van der Waals surface area contributed by atoms with Gasteiger partial charge in [-0.25, -0.2) is 4.98 Å². The number of carbonyl (C=O) groups excluding carboxylic acids is 1. The lowest BCUT2D eigenvalue weighted by atomic mass is 10.0. The van der Waals surface area contributed by atoms with Gasteiger partial charge in [-0.1, -0.05) is 42.1 Å². The quantitative estimate of drug-likeness (QED) is 0.643. The molecule has 0 saturated carbocycles. The van der Waals surface area contributed by atoms with Gasteiger partial charge >= 0.3 is 0 Å². The number of fused-ring (bicyclic) bond motifs is 1. The Kier molecular flexibility index (Phi) is 5.54. The molecule has 140 valence electrons. The summed E-state index contributed by atoms with van der Waals surface area (Å²) in [7, 11) is 1.94. The number of aryl methyl sites for hydroxylation is 2. The molecular formula is C19H21N5OS2. The van der Waals surface area contributed by atoms with Crippen LogP contribution in [0, 0.1) is 0 Å². The zero-order valence-corrected chi connectivity index (χ0v) is 16.8. The van der Waals surface area contributed by atoms with Crippen molar-refractivity contribution in [3.05, 3.63) is 52.3 Å². The van der Waals surface area contributed by atoms with Gasteiger partial charge in [0.25, 0.3) is 0 Å². The molecule has 0 bridgehead atoms. The van der Waals surface area contributed by atoms with Crippen LogP contribution in [0.25, 0.3) is 0 Å². The van der Waals surface area contributed by atoms with Crippen LogP contribution in [0.3, 0.4) is 0 Å². The van der Waals surface area contributed by atoms with Crippen LogP contribution in [0.5, 0.6) is 0 Å². The fourth-order valence-corrected chi connectivity index (χ4v) is 4.89. The minimum atomic E-state index is -0.0568. The summed E-state index contributed by atoms with van der Waals surface area (Å²) < 4.78 is 1.95. The van der Waals surface area contributed by atoms with Gasteiger partial charge in [0.2, 0.25) is 5.91 Å². The topological polar surface area (TPSA) is 72.7 Å². The minimum Gasteiger partial charge on any atom is -0.309 e. The van der Waals surface area contributed by atoms with Gasteiger partial charge in [0.15, 0.2) is 10.3 Å². The van der Waals surface area contributed by atoms with Gasteiger partial charge in [-0.3, -0.25) is 4.79 Å². The second-order valence-electron chi connectivity index (χ2n) is 6.55. The van der Waals surface area contributed by atoms with Crippen LogP contribution < -0.4 is 5.32 Å². The van der Waals surface area contributed by atoms with E-state index in [4.69, 9.17) is 0 Å². The molecule has 0 fully saturated rings. The molecule has 0 unspecified atom stereocenters. The number of thioether (sulfide) groups is 1. The fourth-order valence-electron chi connectivity index (χ4n) is 3.09. The highest BCUT2D eigenvalue weighted by Crippen LogP contribution is 2.29. The maximum atomic E-state index is 12.3. The van der Waals surface area contributed by atoms with Crippen molar-refractivity contribution in [2.75, 3.05) is 11.1 Å². The number of nitrogens with one attached hydrogen (secondary N) is 1. The standard InChI is InChI=1S/C19H21N5OS2/c1-24-16(11-13-7-3-2-4-8-13)22-23-19(24)26-12-17(25)21-18-20-14-9-5-6-10-15(14)27-18/h2-4,7-8H,5-6,9-12H2,1H3,(H,20,21,25). The van der Waals surface area contributed by atoms with Gasteiger partial charge in [0, 0.05) is 18.3 Å². The number of benzene rings is 1. The summed E-state index contributed by atoms with van der Waals surface area (Å²) in [5, 5.41) is 12.9. The third-order valence-electron chi connectivity index (χ3n) is 4.55. The molecule has 1 amide bonds. The highest BCUT2D eigenvalue weighted by Gasteiger charge is 2.17. The summed E-state index contributed by atoms with van der Waals surface area (Å²) in [4.78, 5) is 18.2. The molecule has 0 radical (unpaired) electrons. The van der Waals surface area contributed by atoms with E-state index in [1.165, 1.54) is 35.0 Å². The van der Waals surface area contributed by atoms with E-state index in [9.17, 15) is 4.79 Å². The Labute approximate surface area is 166 Å². The Morgan fingerprint density at radius 3 is 2.85 bits per heavy atom. The van der Waals surface area contributed by atoms with E-state index in [2.05, 4.69) is 32.6 Å². The van der Waals surface area contributed by atoms with Crippen LogP contribution in [-0.4, -0.2) is 31.4 Å². The fraction of sp³-hybridized carbons (Fsp3) is 0.368. The van der Waals surface area contributed by atoms with E-state index < -0.39 is 0 Å². The monoisotopic (exact) mass is 399 g/mol. The summed E-state index contributed by atoms with van der Waals surface area (Å²) >= 11 is 3.00. The van der Waals surface area contributed by atoms with Crippen molar-refractivity contribution in [2.24, 2.45) is 7.05 Å². The predicted octanol–water partition coefficient (Wildman–Crippen LogP) is 3.47. The average molecular weight is 400 g/mol. The van der Waals surface area contributed by atoms with E-state index in [0.717, 1.165) is 41.1 Å². The number of hydrogen-bond donors (Lipinski definition) is 1. The Morgan fingerprint density at radius 2 is 2.04 bits per heavy atom. The molecular weight excluding hydrogens is 378 g/mol. The number of hydrogen-bond acceptors (Lipinski definition) is 6. The minimum absolute atomic E-state index is 0.0568. The number of rotatable bonds is 6. The molecule has 2 heterocycles. The molecule has 1 aliphatic carbocycles. The molecule has 1 aromatic carbocycles. The number of amides is 1. The van der Waals surface area contributed by atoms with Gasteiger partial charge in [-0.2, -0.15) is 0 Å². The second kappa shape index (κ2) is 8.22. The van der Waals surface area contributed by atoms with Gasteiger partial charge in [-0.05, 0) is 31.2 Å². The molecule has 0 aliphatic heterocycles. The summed E-state index contributed by atoms with van der Waals surface area (Å²) in [6.07, 6.45) is 5.25. The number of thiazole rings is 1. The van der Waals surface area contributed by atoms with Crippen LogP contribution in [0.15, 0.2) is 35.5 Å². The third kappa shape index (κ3) is 4.39. The molecule has 2 aromatic heterocycles. The summed E-state index contributed by atoms with van der Waals surface area (Å²) in [6.45, 7) is 0. The summed E-state index contributed by atoms with van der Waals surface area (Å²) in [5.41, 5.74) is 2.35. The first kappa shape index (κ1) is 18.2. The van der Waals surface area contributed by atoms with E-state index in [1.54, 1.807) is 11.3 Å². The van der Waals surface area contributed by atoms with Crippen molar-refractivity contribution in [1.82, 2.24) is 19.7 Å². The molecule has 3 aromatic rings. The number of anilines is 1. The number of aromatic nitrogens is 4. The van der Waals surface area contributed by atoms with Gasteiger partial charge in [0.1, 0.15) is 5.82 Å². The molecule has 0 spiro atoms. The number of carbonyl (C=O) groups is 1. The third-order valence-corrected chi connectivity index (χ3v) is 6.65. The predicted molar refractivity (Wildman–Crippen MR) is 108 cm³/mol. The zero-order valence-electron chi connectivity index (χ0n) is 15.1. The van der Waals surface area contributed by atoms with Crippen molar-refractivity contribution in [2.45, 2.75) is 37.3 Å². The Morgan fingerprint density at radius 1 is 1.22 bits per heavy atom. The van der Waals surface area contributed by atoms with E-state index in [0.29, 0.717) is 5.75 Å². The molecule has 4 rings (SSSR count). The maximum Gasteiger partial charge on any atom is 0.236 e. The Balaban J connectivity index is 1.33. The normalized spacial score (nSPS) is 13.4. The van der Waals surface area contributed by atoms with Crippen LogP contribution in [0.4, 0.5) is 5.13 Å². The Hall–Kier alpha value is -2.19. The average Bonchev–Trinajstić information content (AvgIpc) is 3.24. The van der Waals surface area contributed by atoms with Gasteiger partial charge in [0.05, 0.1) is 11.4 Å². The molecule has 6 nitrogen and oxygen atoms in total. The van der Waals surface area contributed by atoms with E-state index in [-0.39, 0.29) is 5.91 Å². The van der Waals surface area contributed by atoms with Crippen molar-refractivity contribution >= 4 is 34.1 Å². The highest BCUT2D eigenvalue weighted by atomic mass is 32.2. The van der Waals surface area contributed by atoms with Crippen molar-refractivity contribution in [1.29, 1.82) is 0 Å². The van der Waals surface area contributed by atoms with Gasteiger partial charge in [-0.15, -0.1) is 21.5 Å². The first-order chi connectivity index (χ1) is 13.2. The molecule has 8 heteroatoms. The number of nitrogens with zero attached hydrogens (tertiary/aromatic N) is 4. The lowest BCUT2D eigenvalue weighted by Crippen LogP contribution is -2.14. The molecule has 0 saturated heterocycles. The van der Waals surface area contributed by atoms with Crippen LogP contribution >= 0.6 is 23.1 Å². The van der Waals surface area contributed by atoms with E-state index in [1.807, 2.05) is 29.8 Å². The van der Waals surface area contributed by atoms with Crippen LogP contribution in [0.2, 0.25) is 0 Å². The molecule has 27 heavy (non-hydrogen) atoms. The molecule has 1 aliphatic rings. The van der Waals surface area contributed by atoms with Crippen molar-refractivity contribution in [3.63, 3.8) is 0 Å². The smallest absolute Gasteiger partial charge is 0.236 e. The van der Waals surface area contributed by atoms with Gasteiger partial charge < -0.3 is 9.88 Å². The SMILES string of the molecule is Cn1c(Cc2ccccc2)nnc1SCC(=O)Nc1nc2c(s1)CCCC2. The Bertz CT molecular complexity index is 911. The van der Waals surface area contributed by atoms with Crippen LogP contribution in [-0.2, 0) is 31.1 Å². The highest BCUT2D eigenvalue weighted by molar-refractivity contribution is 7.99. The van der Waals surface area contributed by atoms with Crippen molar-refractivity contribution in [3.8, 4) is 0 Å². The lowest BCUT2D eigenvalue weighted by molar-refractivity contribution is -0.113.